The van der Waals surface area contributed by atoms with E-state index >= 15 is 0 Å². The Morgan fingerprint density at radius 2 is 1.66 bits per heavy atom. The minimum absolute atomic E-state index is 0.0410. The van der Waals surface area contributed by atoms with Gasteiger partial charge >= 0.3 is 5.97 Å². The van der Waals surface area contributed by atoms with Crippen molar-refractivity contribution in [3.63, 3.8) is 0 Å². The molecule has 2 aromatic rings. The number of phenolic OH excluding ortho intramolecular Hbond substituents is 1. The van der Waals surface area contributed by atoms with E-state index in [4.69, 9.17) is 14.6 Å². The van der Waals surface area contributed by atoms with E-state index in [0.717, 1.165) is 0 Å². The number of aliphatic carboxylic acids is 1. The number of carboxylic acids is 1. The maximum absolute atomic E-state index is 12.1. The Labute approximate surface area is 168 Å². The molecule has 8 nitrogen and oxygen atoms in total. The van der Waals surface area contributed by atoms with Gasteiger partial charge in [0, 0.05) is 30.7 Å². The summed E-state index contributed by atoms with van der Waals surface area (Å²) < 4.78 is 10.9. The van der Waals surface area contributed by atoms with Crippen molar-refractivity contribution >= 4 is 23.9 Å². The molecule has 29 heavy (non-hydrogen) atoms. The zero-order chi connectivity index (χ0) is 21.1. The third-order valence-electron chi connectivity index (χ3n) is 3.87. The molecule has 0 aliphatic heterocycles. The zero-order valence-corrected chi connectivity index (χ0v) is 15.8. The van der Waals surface area contributed by atoms with Crippen molar-refractivity contribution in [2.24, 2.45) is 0 Å². The first-order chi connectivity index (χ1) is 14.0. The second-order valence-electron chi connectivity index (χ2n) is 6.21. The van der Waals surface area contributed by atoms with E-state index < -0.39 is 5.97 Å². The highest BCUT2D eigenvalue weighted by molar-refractivity contribution is 5.90. The Hall–Kier alpha value is -3.55. The van der Waals surface area contributed by atoms with Crippen molar-refractivity contribution in [3.05, 3.63) is 48.0 Å². The first-order valence-electron chi connectivity index (χ1n) is 9.13. The summed E-state index contributed by atoms with van der Waals surface area (Å²) in [5.41, 5.74) is 0.769. The van der Waals surface area contributed by atoms with Crippen LogP contribution >= 0.6 is 0 Å². The third kappa shape index (κ3) is 7.92. The average Bonchev–Trinajstić information content (AvgIpc) is 2.69. The van der Waals surface area contributed by atoms with Crippen LogP contribution in [0, 0.1) is 0 Å². The molecule has 0 aliphatic carbocycles. The number of hydrogen-bond acceptors (Lipinski definition) is 6. The SMILES string of the molecule is O=Cc1ccc(OCCCC(=O)Nc2cccc(OCCCC(=O)O)c2)cc1O. The summed E-state index contributed by atoms with van der Waals surface area (Å²) in [6, 6.07) is 11.3. The number of carboxylic acid groups (broad SMARTS) is 1. The molecule has 2 aromatic carbocycles. The van der Waals surface area contributed by atoms with Crippen molar-refractivity contribution in [1.82, 2.24) is 0 Å². The number of hydrogen-bond donors (Lipinski definition) is 3. The predicted octanol–water partition coefficient (Wildman–Crippen LogP) is 3.25. The number of rotatable bonds is 12. The molecule has 0 unspecified atom stereocenters. The molecule has 8 heteroatoms. The Balaban J connectivity index is 1.70. The van der Waals surface area contributed by atoms with Crippen LogP contribution in [0.1, 0.15) is 36.0 Å². The van der Waals surface area contributed by atoms with E-state index in [1.54, 1.807) is 30.3 Å². The zero-order valence-electron chi connectivity index (χ0n) is 15.8. The average molecular weight is 401 g/mol. The van der Waals surface area contributed by atoms with Crippen LogP contribution in [-0.4, -0.2) is 41.6 Å². The Bertz CT molecular complexity index is 851. The highest BCUT2D eigenvalue weighted by Gasteiger charge is 2.06. The van der Waals surface area contributed by atoms with Crippen molar-refractivity contribution in [2.75, 3.05) is 18.5 Å². The molecule has 0 saturated carbocycles. The van der Waals surface area contributed by atoms with Gasteiger partial charge in [0.05, 0.1) is 18.8 Å². The van der Waals surface area contributed by atoms with Crippen molar-refractivity contribution in [2.45, 2.75) is 25.7 Å². The number of carbonyl (C=O) groups is 3. The van der Waals surface area contributed by atoms with E-state index in [1.807, 2.05) is 0 Å². The minimum Gasteiger partial charge on any atom is -0.507 e. The monoisotopic (exact) mass is 401 g/mol. The van der Waals surface area contributed by atoms with Crippen LogP contribution in [-0.2, 0) is 9.59 Å². The number of nitrogens with one attached hydrogen (secondary N) is 1. The summed E-state index contributed by atoms with van der Waals surface area (Å²) in [6.45, 7) is 0.560. The van der Waals surface area contributed by atoms with Crippen LogP contribution in [0.15, 0.2) is 42.5 Å². The quantitative estimate of drug-likeness (QED) is 0.369. The maximum Gasteiger partial charge on any atom is 0.303 e. The van der Waals surface area contributed by atoms with Crippen molar-refractivity contribution in [3.8, 4) is 17.2 Å². The second kappa shape index (κ2) is 11.3. The molecule has 0 aliphatic rings. The van der Waals surface area contributed by atoms with Crippen LogP contribution in [0.25, 0.3) is 0 Å². The molecular weight excluding hydrogens is 378 g/mol. The van der Waals surface area contributed by atoms with Gasteiger partial charge in [0.25, 0.3) is 0 Å². The Morgan fingerprint density at radius 1 is 0.966 bits per heavy atom. The van der Waals surface area contributed by atoms with Gasteiger partial charge in [-0.25, -0.2) is 0 Å². The van der Waals surface area contributed by atoms with E-state index in [9.17, 15) is 19.5 Å². The topological polar surface area (TPSA) is 122 Å². The summed E-state index contributed by atoms with van der Waals surface area (Å²) in [6.07, 6.45) is 1.70. The van der Waals surface area contributed by atoms with Crippen LogP contribution < -0.4 is 14.8 Å². The number of aromatic hydroxyl groups is 1. The smallest absolute Gasteiger partial charge is 0.303 e. The van der Waals surface area contributed by atoms with Crippen molar-refractivity contribution < 1.29 is 34.1 Å². The highest BCUT2D eigenvalue weighted by atomic mass is 16.5. The first-order valence-corrected chi connectivity index (χ1v) is 9.13. The number of aldehydes is 1. The lowest BCUT2D eigenvalue weighted by Crippen LogP contribution is -2.13. The molecule has 0 bridgehead atoms. The fraction of sp³-hybridized carbons (Fsp3) is 0.286. The largest absolute Gasteiger partial charge is 0.507 e. The first kappa shape index (κ1) is 21.7. The number of benzene rings is 2. The lowest BCUT2D eigenvalue weighted by molar-refractivity contribution is -0.137. The van der Waals surface area contributed by atoms with Crippen LogP contribution in [0.3, 0.4) is 0 Å². The summed E-state index contributed by atoms with van der Waals surface area (Å²) in [5.74, 6) is -0.235. The molecule has 154 valence electrons. The summed E-state index contributed by atoms with van der Waals surface area (Å²) >= 11 is 0. The molecule has 0 heterocycles. The second-order valence-corrected chi connectivity index (χ2v) is 6.21. The van der Waals surface area contributed by atoms with Crippen molar-refractivity contribution in [1.29, 1.82) is 0 Å². The van der Waals surface area contributed by atoms with E-state index in [1.165, 1.54) is 12.1 Å². The van der Waals surface area contributed by atoms with Gasteiger partial charge in [-0.1, -0.05) is 6.07 Å². The fourth-order valence-electron chi connectivity index (χ4n) is 2.44. The van der Waals surface area contributed by atoms with Gasteiger partial charge in [-0.2, -0.15) is 0 Å². The van der Waals surface area contributed by atoms with Gasteiger partial charge < -0.3 is 25.0 Å². The number of anilines is 1. The molecule has 3 N–H and O–H groups in total. The standard InChI is InChI=1S/C21H23NO7/c23-14-15-8-9-18(13-19(15)24)29-10-2-6-20(25)22-16-4-1-5-17(12-16)28-11-3-7-21(26)27/h1,4-5,8-9,12-14,24H,2-3,6-7,10-11H2,(H,22,25)(H,26,27). The molecule has 0 spiro atoms. The van der Waals surface area contributed by atoms with Gasteiger partial charge in [0.15, 0.2) is 6.29 Å². The number of ether oxygens (including phenoxy) is 2. The molecular formula is C21H23NO7. The van der Waals surface area contributed by atoms with Gasteiger partial charge in [-0.3, -0.25) is 14.4 Å². The highest BCUT2D eigenvalue weighted by Crippen LogP contribution is 2.22. The van der Waals surface area contributed by atoms with Crippen LogP contribution in [0.2, 0.25) is 0 Å². The molecule has 0 saturated heterocycles. The summed E-state index contributed by atoms with van der Waals surface area (Å²) in [4.78, 5) is 33.2. The maximum atomic E-state index is 12.1. The van der Waals surface area contributed by atoms with Gasteiger partial charge in [-0.05, 0) is 37.1 Å². The molecule has 2 rings (SSSR count). The summed E-state index contributed by atoms with van der Waals surface area (Å²) in [7, 11) is 0. The lowest BCUT2D eigenvalue weighted by atomic mass is 10.2. The van der Waals surface area contributed by atoms with Crippen LogP contribution in [0.4, 0.5) is 5.69 Å². The van der Waals surface area contributed by atoms with E-state index in [-0.39, 0.29) is 43.3 Å². The van der Waals surface area contributed by atoms with Gasteiger partial charge in [0.2, 0.25) is 5.91 Å². The van der Waals surface area contributed by atoms with Gasteiger partial charge in [-0.15, -0.1) is 0 Å². The predicted molar refractivity (Wildman–Crippen MR) is 106 cm³/mol. The van der Waals surface area contributed by atoms with Crippen LogP contribution in [0.5, 0.6) is 17.2 Å². The van der Waals surface area contributed by atoms with E-state index in [0.29, 0.717) is 36.3 Å². The third-order valence-corrected chi connectivity index (χ3v) is 3.87. The minimum atomic E-state index is -0.867. The molecule has 1 amide bonds. The molecule has 0 aromatic heterocycles. The normalized spacial score (nSPS) is 10.2. The van der Waals surface area contributed by atoms with E-state index in [2.05, 4.69) is 5.32 Å². The fourth-order valence-corrected chi connectivity index (χ4v) is 2.44. The molecule has 0 radical (unpaired) electrons. The Kier molecular flexibility index (Phi) is 8.50. The molecule has 0 fully saturated rings. The number of amides is 1. The number of carbonyl (C=O) groups excluding carboxylic acids is 2. The number of phenols is 1. The summed E-state index contributed by atoms with van der Waals surface area (Å²) in [5, 5.41) is 21.0. The molecule has 0 atom stereocenters. The Morgan fingerprint density at radius 3 is 2.31 bits per heavy atom. The van der Waals surface area contributed by atoms with Gasteiger partial charge in [0.1, 0.15) is 17.2 Å². The lowest BCUT2D eigenvalue weighted by Gasteiger charge is -2.10.